The molecule has 2 aromatic heterocycles. The van der Waals surface area contributed by atoms with Crippen LogP contribution in [0.3, 0.4) is 0 Å². The number of benzene rings is 1. The topological polar surface area (TPSA) is 79.5 Å². The molecule has 0 bridgehead atoms. The summed E-state index contributed by atoms with van der Waals surface area (Å²) in [7, 11) is 0. The van der Waals surface area contributed by atoms with E-state index in [9.17, 15) is 0 Å². The van der Waals surface area contributed by atoms with E-state index >= 15 is 0 Å². The van der Waals surface area contributed by atoms with Gasteiger partial charge < -0.3 is 14.5 Å². The zero-order chi connectivity index (χ0) is 23.8. The Morgan fingerprint density at radius 1 is 1.17 bits per heavy atom. The summed E-state index contributed by atoms with van der Waals surface area (Å²) in [6.45, 7) is 8.72. The number of anilines is 1. The molecule has 10 heteroatoms. The third-order valence-electron chi connectivity index (χ3n) is 6.79. The number of aryl methyl sites for hydroxylation is 1. The molecule has 184 valence electrons. The Hall–Kier alpha value is -2.37. The fraction of sp³-hybridized carbons (Fsp3) is 0.440. The second kappa shape index (κ2) is 9.94. The Morgan fingerprint density at radius 3 is 2.91 bits per heavy atom. The van der Waals surface area contributed by atoms with Gasteiger partial charge in [-0.3, -0.25) is 4.90 Å². The van der Waals surface area contributed by atoms with E-state index in [0.717, 1.165) is 85.2 Å². The highest BCUT2D eigenvalue weighted by Crippen LogP contribution is 2.47. The van der Waals surface area contributed by atoms with Crippen LogP contribution in [-0.2, 0) is 17.8 Å². The normalized spacial score (nSPS) is 18.3. The summed E-state index contributed by atoms with van der Waals surface area (Å²) in [6, 6.07) is 10.6. The van der Waals surface area contributed by atoms with Crippen molar-refractivity contribution in [2.75, 3.05) is 50.0 Å². The van der Waals surface area contributed by atoms with E-state index in [1.165, 1.54) is 26.6 Å². The second-order valence-electron chi connectivity index (χ2n) is 9.10. The lowest BCUT2D eigenvalue weighted by molar-refractivity contribution is 0.0172. The molecule has 8 nitrogen and oxygen atoms in total. The lowest BCUT2D eigenvalue weighted by Crippen LogP contribution is -2.47. The number of amidine groups is 1. The smallest absolute Gasteiger partial charge is 0.218 e. The van der Waals surface area contributed by atoms with E-state index in [0.29, 0.717) is 6.61 Å². The van der Waals surface area contributed by atoms with Crippen LogP contribution in [0.2, 0.25) is 0 Å². The molecule has 0 aliphatic carbocycles. The Morgan fingerprint density at radius 2 is 2.03 bits per heavy atom. The van der Waals surface area contributed by atoms with Gasteiger partial charge in [-0.15, -0.1) is 16.5 Å². The Bertz CT molecular complexity index is 1250. The molecular weight excluding hydrogens is 480 g/mol. The quantitative estimate of drug-likeness (QED) is 0.406. The summed E-state index contributed by atoms with van der Waals surface area (Å²) in [5.41, 5.74) is 3.57. The van der Waals surface area contributed by atoms with Crippen molar-refractivity contribution in [1.82, 2.24) is 15.1 Å². The van der Waals surface area contributed by atoms with E-state index in [4.69, 9.17) is 25.4 Å². The number of pyridine rings is 1. The maximum Gasteiger partial charge on any atom is 0.218 e. The average molecular weight is 511 g/mol. The SMILES string of the molecule is Cc1cc(N2CCN(CCCSC3=Nc4sc5c(c4ON3N)CCOC5)CC2)nc2ccccc12. The molecule has 2 N–H and O–H groups in total. The highest BCUT2D eigenvalue weighted by molar-refractivity contribution is 8.13. The molecule has 6 rings (SSSR count). The molecule has 0 amide bonds. The number of hydroxylamine groups is 1. The third-order valence-corrected chi connectivity index (χ3v) is 8.89. The van der Waals surface area contributed by atoms with Gasteiger partial charge in [0.05, 0.1) is 18.7 Å². The van der Waals surface area contributed by atoms with Gasteiger partial charge in [0, 0.05) is 54.2 Å². The summed E-state index contributed by atoms with van der Waals surface area (Å²) < 4.78 is 5.56. The van der Waals surface area contributed by atoms with Crippen molar-refractivity contribution in [3.8, 4) is 5.75 Å². The van der Waals surface area contributed by atoms with Gasteiger partial charge in [0.2, 0.25) is 5.17 Å². The fourth-order valence-electron chi connectivity index (χ4n) is 4.87. The first-order chi connectivity index (χ1) is 17.2. The van der Waals surface area contributed by atoms with Crippen LogP contribution in [0, 0.1) is 6.92 Å². The number of thioether (sulfide) groups is 1. The molecule has 3 aliphatic rings. The van der Waals surface area contributed by atoms with Gasteiger partial charge in [-0.2, -0.15) is 0 Å². The largest absolute Gasteiger partial charge is 0.376 e. The van der Waals surface area contributed by atoms with Crippen LogP contribution in [0.4, 0.5) is 10.8 Å². The minimum absolute atomic E-state index is 0.642. The molecule has 0 saturated carbocycles. The molecule has 5 heterocycles. The van der Waals surface area contributed by atoms with Gasteiger partial charge in [-0.1, -0.05) is 30.0 Å². The van der Waals surface area contributed by atoms with Crippen LogP contribution in [0.5, 0.6) is 5.75 Å². The average Bonchev–Trinajstić information content (AvgIpc) is 3.24. The molecule has 0 radical (unpaired) electrons. The number of nitrogens with zero attached hydrogens (tertiary/aromatic N) is 5. The minimum Gasteiger partial charge on any atom is -0.376 e. The maximum absolute atomic E-state index is 6.14. The first kappa shape index (κ1) is 23.1. The molecule has 35 heavy (non-hydrogen) atoms. The number of rotatable bonds is 5. The molecular formula is C25H30N6O2S2. The lowest BCUT2D eigenvalue weighted by Gasteiger charge is -2.35. The van der Waals surface area contributed by atoms with E-state index < -0.39 is 0 Å². The third kappa shape index (κ3) is 4.73. The predicted octanol–water partition coefficient (Wildman–Crippen LogP) is 4.09. The van der Waals surface area contributed by atoms with Crippen LogP contribution in [0.1, 0.15) is 22.4 Å². The Kier molecular flexibility index (Phi) is 6.55. The fourth-order valence-corrected chi connectivity index (χ4v) is 6.79. The predicted molar refractivity (Wildman–Crippen MR) is 144 cm³/mol. The number of nitrogens with two attached hydrogens (primary N) is 1. The van der Waals surface area contributed by atoms with E-state index in [2.05, 4.69) is 47.1 Å². The number of thiophene rings is 1. The number of aliphatic imine (C=N–C) groups is 1. The number of hydrazine groups is 1. The number of hydrogen-bond donors (Lipinski definition) is 1. The minimum atomic E-state index is 0.642. The standard InChI is InChI=1S/C25H30N6O2S2/c1-17-15-22(27-20-6-3-2-5-18(17)20)30-11-9-29(10-12-30)8-4-14-34-25-28-24-23(33-31(25)26)19-7-13-32-16-21(19)35-24/h2-3,5-6,15H,4,7-14,16,26H2,1H3. The van der Waals surface area contributed by atoms with Crippen molar-refractivity contribution >= 4 is 50.0 Å². The molecule has 0 atom stereocenters. The molecule has 3 aromatic rings. The number of piperazine rings is 1. The van der Waals surface area contributed by atoms with Crippen molar-refractivity contribution in [1.29, 1.82) is 0 Å². The van der Waals surface area contributed by atoms with Gasteiger partial charge in [0.25, 0.3) is 0 Å². The first-order valence-corrected chi connectivity index (χ1v) is 14.0. The zero-order valence-electron chi connectivity index (χ0n) is 19.9. The Labute approximate surface area is 213 Å². The van der Waals surface area contributed by atoms with Crippen molar-refractivity contribution in [2.45, 2.75) is 26.4 Å². The van der Waals surface area contributed by atoms with Gasteiger partial charge in [0.1, 0.15) is 5.82 Å². The van der Waals surface area contributed by atoms with Crippen molar-refractivity contribution in [3.63, 3.8) is 0 Å². The van der Waals surface area contributed by atoms with Gasteiger partial charge in [-0.05, 0) is 37.6 Å². The van der Waals surface area contributed by atoms with Crippen molar-refractivity contribution in [3.05, 3.63) is 46.3 Å². The van der Waals surface area contributed by atoms with Crippen molar-refractivity contribution < 1.29 is 9.57 Å². The van der Waals surface area contributed by atoms with E-state index in [-0.39, 0.29) is 0 Å². The molecule has 3 aliphatic heterocycles. The molecule has 1 fully saturated rings. The molecule has 0 spiro atoms. The van der Waals surface area contributed by atoms with Gasteiger partial charge in [0.15, 0.2) is 10.8 Å². The van der Waals surface area contributed by atoms with Crippen LogP contribution in [0.25, 0.3) is 10.9 Å². The Balaban J connectivity index is 0.991. The summed E-state index contributed by atoms with van der Waals surface area (Å²) >= 11 is 3.31. The highest BCUT2D eigenvalue weighted by atomic mass is 32.2. The van der Waals surface area contributed by atoms with E-state index in [1.807, 2.05) is 0 Å². The van der Waals surface area contributed by atoms with Crippen LogP contribution in [0.15, 0.2) is 35.3 Å². The summed E-state index contributed by atoms with van der Waals surface area (Å²) in [4.78, 5) is 21.8. The molecule has 1 saturated heterocycles. The summed E-state index contributed by atoms with van der Waals surface area (Å²) in [5, 5.41) is 4.20. The number of para-hydroxylation sites is 1. The molecule has 1 aromatic carbocycles. The summed E-state index contributed by atoms with van der Waals surface area (Å²) in [6.07, 6.45) is 1.93. The van der Waals surface area contributed by atoms with Crippen LogP contribution in [-0.4, -0.2) is 65.3 Å². The zero-order valence-corrected chi connectivity index (χ0v) is 21.5. The van der Waals surface area contributed by atoms with Crippen LogP contribution >= 0.6 is 23.1 Å². The maximum atomic E-state index is 6.14. The number of aromatic nitrogens is 1. The molecule has 0 unspecified atom stereocenters. The number of fused-ring (bicyclic) bond motifs is 4. The monoisotopic (exact) mass is 510 g/mol. The number of ether oxygens (including phenoxy) is 1. The second-order valence-corrected chi connectivity index (χ2v) is 11.2. The van der Waals surface area contributed by atoms with Gasteiger partial charge >= 0.3 is 0 Å². The highest BCUT2D eigenvalue weighted by Gasteiger charge is 2.29. The number of hydrogen-bond acceptors (Lipinski definition) is 10. The lowest BCUT2D eigenvalue weighted by atomic mass is 10.1. The van der Waals surface area contributed by atoms with Crippen molar-refractivity contribution in [2.24, 2.45) is 10.8 Å². The van der Waals surface area contributed by atoms with Crippen LogP contribution < -0.4 is 15.6 Å². The van der Waals surface area contributed by atoms with Gasteiger partial charge in [-0.25, -0.2) is 15.8 Å². The van der Waals surface area contributed by atoms with E-state index in [1.54, 1.807) is 23.1 Å². The summed E-state index contributed by atoms with van der Waals surface area (Å²) in [5.74, 6) is 8.99. The first-order valence-electron chi connectivity index (χ1n) is 12.2.